The average Bonchev–Trinajstić information content (AvgIpc) is 2.85. The number of rotatable bonds is 6. The molecule has 20 heavy (non-hydrogen) atoms. The van der Waals surface area contributed by atoms with Crippen LogP contribution in [-0.4, -0.2) is 11.2 Å². The van der Waals surface area contributed by atoms with Crippen molar-refractivity contribution >= 4 is 23.1 Å². The minimum atomic E-state index is -0.378. The number of thioether (sulfide) groups is 1. The van der Waals surface area contributed by atoms with Crippen LogP contribution in [0.3, 0.4) is 0 Å². The lowest BCUT2D eigenvalue weighted by atomic mass is 10.2. The fourth-order valence-electron chi connectivity index (χ4n) is 1.86. The summed E-state index contributed by atoms with van der Waals surface area (Å²) in [7, 11) is 0. The minimum Gasteiger partial charge on any atom is -0.463 e. The molecular formula is C14H16N2O3S. The first-order valence-electron chi connectivity index (χ1n) is 6.15. The molecule has 0 aliphatic heterocycles. The van der Waals surface area contributed by atoms with Gasteiger partial charge in [-0.05, 0) is 36.9 Å². The third-order valence-electron chi connectivity index (χ3n) is 2.81. The Hall–Kier alpha value is -1.95. The van der Waals surface area contributed by atoms with Crippen LogP contribution in [0.2, 0.25) is 0 Å². The van der Waals surface area contributed by atoms with Crippen LogP contribution in [0, 0.1) is 17.0 Å². The first kappa shape index (κ1) is 14.5. The number of nitro groups is 1. The molecule has 2 rings (SSSR count). The number of hydrogen-bond donors (Lipinski definition) is 1. The SMILES string of the molecule is CSCc1ccc(CNc2ccc(C)cc2[N+](=O)[O-])o1. The van der Waals surface area contributed by atoms with E-state index >= 15 is 0 Å². The van der Waals surface area contributed by atoms with E-state index in [1.54, 1.807) is 23.9 Å². The standard InChI is InChI=1S/C14H16N2O3S/c1-10-3-6-13(14(7-10)16(17)18)15-8-11-4-5-12(19-11)9-20-2/h3-7,15H,8-9H2,1-2H3. The van der Waals surface area contributed by atoms with Crippen molar-refractivity contribution in [1.29, 1.82) is 0 Å². The van der Waals surface area contributed by atoms with Gasteiger partial charge in [-0.3, -0.25) is 10.1 Å². The van der Waals surface area contributed by atoms with Gasteiger partial charge in [-0.15, -0.1) is 0 Å². The first-order valence-corrected chi connectivity index (χ1v) is 7.55. The molecule has 0 radical (unpaired) electrons. The lowest BCUT2D eigenvalue weighted by Crippen LogP contribution is -2.02. The van der Waals surface area contributed by atoms with Crippen LogP contribution in [0.25, 0.3) is 0 Å². The topological polar surface area (TPSA) is 68.3 Å². The summed E-state index contributed by atoms with van der Waals surface area (Å²) in [5.41, 5.74) is 1.45. The lowest BCUT2D eigenvalue weighted by Gasteiger charge is -2.06. The second-order valence-electron chi connectivity index (χ2n) is 4.43. The van der Waals surface area contributed by atoms with Gasteiger partial charge in [0.2, 0.25) is 0 Å². The average molecular weight is 292 g/mol. The Morgan fingerprint density at radius 1 is 1.30 bits per heavy atom. The second-order valence-corrected chi connectivity index (χ2v) is 5.30. The lowest BCUT2D eigenvalue weighted by molar-refractivity contribution is -0.384. The van der Waals surface area contributed by atoms with Gasteiger partial charge in [-0.25, -0.2) is 0 Å². The third-order valence-corrected chi connectivity index (χ3v) is 3.38. The number of furan rings is 1. The molecule has 0 bridgehead atoms. The van der Waals surface area contributed by atoms with E-state index < -0.39 is 0 Å². The smallest absolute Gasteiger partial charge is 0.292 e. The van der Waals surface area contributed by atoms with E-state index in [-0.39, 0.29) is 10.6 Å². The van der Waals surface area contributed by atoms with Gasteiger partial charge in [0.1, 0.15) is 17.2 Å². The number of nitrogens with zero attached hydrogens (tertiary/aromatic N) is 1. The molecule has 2 aromatic rings. The van der Waals surface area contributed by atoms with E-state index in [0.717, 1.165) is 22.8 Å². The Morgan fingerprint density at radius 3 is 2.75 bits per heavy atom. The Kier molecular flexibility index (Phi) is 4.68. The molecule has 1 N–H and O–H groups in total. The third kappa shape index (κ3) is 3.54. The first-order chi connectivity index (χ1) is 9.60. The van der Waals surface area contributed by atoms with Crippen molar-refractivity contribution in [2.75, 3.05) is 11.6 Å². The summed E-state index contributed by atoms with van der Waals surface area (Å²) < 4.78 is 5.62. The van der Waals surface area contributed by atoms with Crippen LogP contribution in [0.1, 0.15) is 17.1 Å². The number of benzene rings is 1. The predicted octanol–water partition coefficient (Wildman–Crippen LogP) is 3.97. The van der Waals surface area contributed by atoms with E-state index in [4.69, 9.17) is 4.42 Å². The molecule has 0 saturated carbocycles. The fourth-order valence-corrected chi connectivity index (χ4v) is 2.30. The fraction of sp³-hybridized carbons (Fsp3) is 0.286. The van der Waals surface area contributed by atoms with Crippen molar-refractivity contribution in [3.8, 4) is 0 Å². The van der Waals surface area contributed by atoms with Gasteiger partial charge >= 0.3 is 0 Å². The summed E-state index contributed by atoms with van der Waals surface area (Å²) >= 11 is 1.69. The molecule has 0 aliphatic rings. The van der Waals surface area contributed by atoms with Gasteiger partial charge < -0.3 is 9.73 Å². The van der Waals surface area contributed by atoms with Gasteiger partial charge in [-0.2, -0.15) is 11.8 Å². The molecule has 0 saturated heterocycles. The molecule has 5 nitrogen and oxygen atoms in total. The molecule has 0 unspecified atom stereocenters. The van der Waals surface area contributed by atoms with E-state index in [1.165, 1.54) is 0 Å². The van der Waals surface area contributed by atoms with Crippen molar-refractivity contribution in [1.82, 2.24) is 0 Å². The van der Waals surface area contributed by atoms with Crippen molar-refractivity contribution in [3.05, 3.63) is 57.5 Å². The zero-order valence-corrected chi connectivity index (χ0v) is 12.2. The Labute approximate surface area is 121 Å². The highest BCUT2D eigenvalue weighted by Crippen LogP contribution is 2.26. The summed E-state index contributed by atoms with van der Waals surface area (Å²) in [5, 5.41) is 14.1. The van der Waals surface area contributed by atoms with Gasteiger partial charge in [-0.1, -0.05) is 6.07 Å². The van der Waals surface area contributed by atoms with Gasteiger partial charge in [0, 0.05) is 6.07 Å². The van der Waals surface area contributed by atoms with Gasteiger partial charge in [0.15, 0.2) is 0 Å². The molecule has 0 atom stereocenters. The Balaban J connectivity index is 2.08. The van der Waals surface area contributed by atoms with E-state index in [1.807, 2.05) is 31.4 Å². The molecule has 0 fully saturated rings. The maximum Gasteiger partial charge on any atom is 0.292 e. The highest BCUT2D eigenvalue weighted by Gasteiger charge is 2.13. The summed E-state index contributed by atoms with van der Waals surface area (Å²) in [6.07, 6.45) is 2.01. The minimum absolute atomic E-state index is 0.0842. The quantitative estimate of drug-likeness (QED) is 0.644. The van der Waals surface area contributed by atoms with Crippen LogP contribution < -0.4 is 5.32 Å². The van der Waals surface area contributed by atoms with Crippen LogP contribution in [-0.2, 0) is 12.3 Å². The van der Waals surface area contributed by atoms with Crippen LogP contribution in [0.15, 0.2) is 34.7 Å². The van der Waals surface area contributed by atoms with E-state index in [9.17, 15) is 10.1 Å². The molecule has 1 aromatic heterocycles. The highest BCUT2D eigenvalue weighted by molar-refractivity contribution is 7.97. The van der Waals surface area contributed by atoms with Crippen molar-refractivity contribution in [3.63, 3.8) is 0 Å². The number of nitro benzene ring substituents is 1. The maximum absolute atomic E-state index is 11.0. The summed E-state index contributed by atoms with van der Waals surface area (Å²) in [4.78, 5) is 10.6. The molecule has 0 spiro atoms. The number of anilines is 1. The van der Waals surface area contributed by atoms with E-state index in [2.05, 4.69) is 5.32 Å². The van der Waals surface area contributed by atoms with Crippen molar-refractivity contribution in [2.45, 2.75) is 19.2 Å². The monoisotopic (exact) mass is 292 g/mol. The summed E-state index contributed by atoms with van der Waals surface area (Å²) in [6.45, 7) is 2.26. The van der Waals surface area contributed by atoms with Gasteiger partial charge in [0.05, 0.1) is 17.2 Å². The number of nitrogens with one attached hydrogen (secondary N) is 1. The molecule has 106 valence electrons. The number of aryl methyl sites for hydroxylation is 1. The zero-order valence-electron chi connectivity index (χ0n) is 11.4. The van der Waals surface area contributed by atoms with Gasteiger partial charge in [0.25, 0.3) is 5.69 Å². The highest BCUT2D eigenvalue weighted by atomic mass is 32.2. The van der Waals surface area contributed by atoms with Crippen LogP contribution in [0.4, 0.5) is 11.4 Å². The van der Waals surface area contributed by atoms with Crippen molar-refractivity contribution in [2.24, 2.45) is 0 Å². The normalized spacial score (nSPS) is 10.5. The number of hydrogen-bond acceptors (Lipinski definition) is 5. The van der Waals surface area contributed by atoms with Crippen LogP contribution in [0.5, 0.6) is 0 Å². The second kappa shape index (κ2) is 6.47. The molecule has 1 heterocycles. The largest absolute Gasteiger partial charge is 0.463 e. The molecule has 0 amide bonds. The predicted molar refractivity (Wildman–Crippen MR) is 81.1 cm³/mol. The molecular weight excluding hydrogens is 276 g/mol. The summed E-state index contributed by atoms with van der Waals surface area (Å²) in [6, 6.07) is 8.94. The Morgan fingerprint density at radius 2 is 2.05 bits per heavy atom. The van der Waals surface area contributed by atoms with Crippen molar-refractivity contribution < 1.29 is 9.34 Å². The maximum atomic E-state index is 11.0. The Bertz CT molecular complexity index is 610. The van der Waals surface area contributed by atoms with Crippen LogP contribution >= 0.6 is 11.8 Å². The summed E-state index contributed by atoms with van der Waals surface area (Å²) in [5.74, 6) is 2.50. The van der Waals surface area contributed by atoms with E-state index in [0.29, 0.717) is 12.2 Å². The zero-order chi connectivity index (χ0) is 14.5. The molecule has 0 aliphatic carbocycles. The molecule has 1 aromatic carbocycles. The molecule has 6 heteroatoms.